The number of carboxylic acids is 1. The molecule has 1 aromatic carbocycles. The van der Waals surface area contributed by atoms with Crippen molar-refractivity contribution in [2.75, 3.05) is 6.54 Å². The Kier molecular flexibility index (Phi) is 5.80. The van der Waals surface area contributed by atoms with Crippen molar-refractivity contribution < 1.29 is 14.7 Å². The molecular weight excluding hydrogens is 368 g/mol. The Hall–Kier alpha value is -2.51. The van der Waals surface area contributed by atoms with E-state index >= 15 is 0 Å². The number of thioether (sulfide) groups is 1. The highest BCUT2D eigenvalue weighted by molar-refractivity contribution is 8.26. The lowest BCUT2D eigenvalue weighted by atomic mass is 10.0. The average molecular weight is 384 g/mol. The van der Waals surface area contributed by atoms with Crippen LogP contribution in [0, 0.1) is 0 Å². The molecule has 0 aliphatic carbocycles. The Morgan fingerprint density at radius 3 is 2.73 bits per heavy atom. The van der Waals surface area contributed by atoms with Crippen molar-refractivity contribution in [1.29, 1.82) is 0 Å². The maximum Gasteiger partial charge on any atom is 0.303 e. The molecule has 7 heteroatoms. The third kappa shape index (κ3) is 4.36. The minimum Gasteiger partial charge on any atom is -0.481 e. The highest BCUT2D eigenvalue weighted by atomic mass is 32.2. The number of benzene rings is 1. The number of carboxylic acid groups (broad SMARTS) is 1. The molecule has 0 saturated carbocycles. The molecule has 0 spiro atoms. The number of hydrogen-bond donors (Lipinski definition) is 1. The molecule has 2 aromatic rings. The molecule has 1 amide bonds. The van der Waals surface area contributed by atoms with Gasteiger partial charge in [0.1, 0.15) is 4.32 Å². The first-order valence-electron chi connectivity index (χ1n) is 8.02. The highest BCUT2D eigenvalue weighted by Gasteiger charge is 2.31. The van der Waals surface area contributed by atoms with Crippen LogP contribution >= 0.6 is 24.0 Å². The summed E-state index contributed by atoms with van der Waals surface area (Å²) in [5, 5.41) is 8.73. The Morgan fingerprint density at radius 2 is 2.00 bits per heavy atom. The van der Waals surface area contributed by atoms with E-state index in [1.54, 1.807) is 12.4 Å². The zero-order valence-corrected chi connectivity index (χ0v) is 15.4. The number of hydrogen-bond acceptors (Lipinski definition) is 5. The van der Waals surface area contributed by atoms with Gasteiger partial charge in [0, 0.05) is 25.4 Å². The van der Waals surface area contributed by atoms with Gasteiger partial charge in [0.05, 0.1) is 4.91 Å². The molecule has 26 heavy (non-hydrogen) atoms. The fourth-order valence-corrected chi connectivity index (χ4v) is 3.89. The summed E-state index contributed by atoms with van der Waals surface area (Å²) in [4.78, 5) is 29.2. The Balaban J connectivity index is 1.77. The van der Waals surface area contributed by atoms with Gasteiger partial charge in [0.2, 0.25) is 0 Å². The van der Waals surface area contributed by atoms with Crippen LogP contribution in [0.25, 0.3) is 17.2 Å². The Labute approximate surface area is 160 Å². The monoisotopic (exact) mass is 384 g/mol. The van der Waals surface area contributed by atoms with E-state index in [0.717, 1.165) is 16.7 Å². The van der Waals surface area contributed by atoms with E-state index in [2.05, 4.69) is 4.98 Å². The second kappa shape index (κ2) is 8.25. The largest absolute Gasteiger partial charge is 0.481 e. The van der Waals surface area contributed by atoms with Crippen LogP contribution in [0.5, 0.6) is 0 Å². The maximum atomic E-state index is 12.5. The van der Waals surface area contributed by atoms with Gasteiger partial charge >= 0.3 is 5.97 Å². The summed E-state index contributed by atoms with van der Waals surface area (Å²) >= 11 is 6.51. The first-order valence-corrected chi connectivity index (χ1v) is 9.25. The molecular formula is C19H16N2O3S2. The smallest absolute Gasteiger partial charge is 0.303 e. The summed E-state index contributed by atoms with van der Waals surface area (Å²) in [6, 6.07) is 11.7. The topological polar surface area (TPSA) is 70.5 Å². The molecule has 0 atom stereocenters. The second-order valence-corrected chi connectivity index (χ2v) is 7.37. The van der Waals surface area contributed by atoms with Gasteiger partial charge in [0.15, 0.2) is 0 Å². The first-order chi connectivity index (χ1) is 12.5. The van der Waals surface area contributed by atoms with E-state index in [-0.39, 0.29) is 12.3 Å². The number of pyridine rings is 1. The summed E-state index contributed by atoms with van der Waals surface area (Å²) in [6.45, 7) is 0.325. The van der Waals surface area contributed by atoms with Crippen molar-refractivity contribution in [3.63, 3.8) is 0 Å². The molecule has 0 bridgehead atoms. The minimum absolute atomic E-state index is 0.0179. The van der Waals surface area contributed by atoms with Gasteiger partial charge in [0.25, 0.3) is 5.91 Å². The Bertz CT molecular complexity index is 881. The fourth-order valence-electron chi connectivity index (χ4n) is 2.58. The Morgan fingerprint density at radius 1 is 1.23 bits per heavy atom. The second-order valence-electron chi connectivity index (χ2n) is 5.69. The van der Waals surface area contributed by atoms with Crippen molar-refractivity contribution >= 4 is 46.3 Å². The average Bonchev–Trinajstić information content (AvgIpc) is 2.90. The molecule has 5 nitrogen and oxygen atoms in total. The normalized spacial score (nSPS) is 15.7. The van der Waals surface area contributed by atoms with Crippen molar-refractivity contribution in [1.82, 2.24) is 9.88 Å². The highest BCUT2D eigenvalue weighted by Crippen LogP contribution is 2.33. The lowest BCUT2D eigenvalue weighted by Crippen LogP contribution is -2.29. The summed E-state index contributed by atoms with van der Waals surface area (Å²) in [5.41, 5.74) is 3.00. The maximum absolute atomic E-state index is 12.5. The van der Waals surface area contributed by atoms with Crippen molar-refractivity contribution in [3.8, 4) is 11.1 Å². The number of amides is 1. The molecule has 2 heterocycles. The lowest BCUT2D eigenvalue weighted by Gasteiger charge is -2.13. The van der Waals surface area contributed by atoms with Crippen LogP contribution in [0.2, 0.25) is 0 Å². The van der Waals surface area contributed by atoms with E-state index in [4.69, 9.17) is 17.3 Å². The van der Waals surface area contributed by atoms with Gasteiger partial charge < -0.3 is 5.11 Å². The van der Waals surface area contributed by atoms with Gasteiger partial charge in [-0.25, -0.2) is 0 Å². The quantitative estimate of drug-likeness (QED) is 0.603. The molecule has 1 saturated heterocycles. The van der Waals surface area contributed by atoms with E-state index in [1.807, 2.05) is 42.5 Å². The summed E-state index contributed by atoms with van der Waals surface area (Å²) in [7, 11) is 0. The number of aromatic nitrogens is 1. The molecule has 1 aromatic heterocycles. The van der Waals surface area contributed by atoms with Gasteiger partial charge in [-0.1, -0.05) is 42.2 Å². The van der Waals surface area contributed by atoms with Crippen LogP contribution in [0.4, 0.5) is 0 Å². The fraction of sp³-hybridized carbons (Fsp3) is 0.158. The SMILES string of the molecule is O=C(O)CCCN1C(=O)C(=Cc2cccc(-c3ccncc3)c2)SC1=S. The standard InChI is InChI=1S/C19H16N2O3S2/c22-17(23)5-2-10-21-18(24)16(26-19(21)25)12-13-3-1-4-15(11-13)14-6-8-20-9-7-14/h1,3-4,6-9,11-12H,2,5,10H2,(H,22,23). The van der Waals surface area contributed by atoms with Crippen LogP contribution in [0.15, 0.2) is 53.7 Å². The van der Waals surface area contributed by atoms with Crippen LogP contribution < -0.4 is 0 Å². The summed E-state index contributed by atoms with van der Waals surface area (Å²) < 4.78 is 0.469. The number of thiocarbonyl (C=S) groups is 1. The number of nitrogens with zero attached hydrogens (tertiary/aromatic N) is 2. The molecule has 1 N–H and O–H groups in total. The van der Waals surface area contributed by atoms with Crippen LogP contribution in [0.3, 0.4) is 0 Å². The minimum atomic E-state index is -0.876. The third-order valence-electron chi connectivity index (χ3n) is 3.84. The molecule has 1 aliphatic heterocycles. The molecule has 1 fully saturated rings. The zero-order valence-electron chi connectivity index (χ0n) is 13.8. The van der Waals surface area contributed by atoms with Gasteiger partial charge in [-0.2, -0.15) is 0 Å². The number of carbonyl (C=O) groups excluding carboxylic acids is 1. The van der Waals surface area contributed by atoms with Crippen LogP contribution in [0.1, 0.15) is 18.4 Å². The molecule has 1 aliphatic rings. The summed E-state index contributed by atoms with van der Waals surface area (Å²) in [6.07, 6.45) is 5.70. The molecule has 0 unspecified atom stereocenters. The van der Waals surface area contributed by atoms with Crippen molar-refractivity contribution in [2.45, 2.75) is 12.8 Å². The number of aliphatic carboxylic acids is 1. The molecule has 0 radical (unpaired) electrons. The molecule has 132 valence electrons. The predicted octanol–water partition coefficient (Wildman–Crippen LogP) is 3.81. The summed E-state index contributed by atoms with van der Waals surface area (Å²) in [5.74, 6) is -1.04. The first kappa shape index (κ1) is 18.3. The van der Waals surface area contributed by atoms with Crippen LogP contribution in [-0.4, -0.2) is 37.7 Å². The van der Waals surface area contributed by atoms with E-state index < -0.39 is 5.97 Å². The van der Waals surface area contributed by atoms with Crippen molar-refractivity contribution in [2.24, 2.45) is 0 Å². The van der Waals surface area contributed by atoms with Gasteiger partial charge in [-0.05, 0) is 47.4 Å². The zero-order chi connectivity index (χ0) is 18.5. The number of carbonyl (C=O) groups is 2. The number of rotatable bonds is 6. The third-order valence-corrected chi connectivity index (χ3v) is 5.22. The molecule has 3 rings (SSSR count). The van der Waals surface area contributed by atoms with Gasteiger partial charge in [-0.3, -0.25) is 19.5 Å². The van der Waals surface area contributed by atoms with Gasteiger partial charge in [-0.15, -0.1) is 0 Å². The predicted molar refractivity (Wildman–Crippen MR) is 106 cm³/mol. The van der Waals surface area contributed by atoms with E-state index in [1.165, 1.54) is 16.7 Å². The van der Waals surface area contributed by atoms with Crippen molar-refractivity contribution in [3.05, 3.63) is 59.3 Å². The van der Waals surface area contributed by atoms with E-state index in [0.29, 0.717) is 22.2 Å². The van der Waals surface area contributed by atoms with E-state index in [9.17, 15) is 9.59 Å². The van der Waals surface area contributed by atoms with Crippen LogP contribution in [-0.2, 0) is 9.59 Å². The lowest BCUT2D eigenvalue weighted by molar-refractivity contribution is -0.137.